The van der Waals surface area contributed by atoms with Crippen LogP contribution in [0.15, 0.2) is 60.7 Å². The molecule has 44 heavy (non-hydrogen) atoms. The number of amides is 2. The van der Waals surface area contributed by atoms with Crippen LogP contribution in [0, 0.1) is 17.8 Å². The van der Waals surface area contributed by atoms with E-state index in [1.54, 1.807) is 12.0 Å². The van der Waals surface area contributed by atoms with Gasteiger partial charge in [-0.25, -0.2) is 0 Å². The third-order valence-corrected chi connectivity index (χ3v) is 9.53. The van der Waals surface area contributed by atoms with Crippen LogP contribution in [-0.4, -0.2) is 61.8 Å². The standard InChI is InChI=1S/C35H39ClN2O6/c1-21(2)44-31-15-29-23(13-30(31)42-4)14-32(40)38(34(29)22-5-9-27(36)10-6-22)28-11-7-26(8-12-28)35(3,41)33-24-16-37(20-39)17-25(33)19-43-18-24/h5-13,15,20-21,24-25,33-34,41H,14,16-19H2,1-4H3. The Kier molecular flexibility index (Phi) is 8.35. The number of aliphatic hydroxyl groups is 1. The molecule has 0 aromatic heterocycles. The predicted octanol–water partition coefficient (Wildman–Crippen LogP) is 5.37. The van der Waals surface area contributed by atoms with Crippen molar-refractivity contribution in [2.45, 2.75) is 44.9 Å². The molecule has 3 aromatic rings. The fraction of sp³-hybridized carbons (Fsp3) is 0.429. The smallest absolute Gasteiger partial charge is 0.232 e. The number of benzene rings is 3. The van der Waals surface area contributed by atoms with Crippen molar-refractivity contribution in [1.82, 2.24) is 4.90 Å². The fourth-order valence-corrected chi connectivity index (χ4v) is 7.58. The zero-order valence-corrected chi connectivity index (χ0v) is 26.3. The molecular weight excluding hydrogens is 580 g/mol. The maximum absolute atomic E-state index is 13.9. The Morgan fingerprint density at radius 1 is 1.02 bits per heavy atom. The number of hydrogen-bond acceptors (Lipinski definition) is 6. The number of carbonyl (C=O) groups excluding carboxylic acids is 2. The second-order valence-corrected chi connectivity index (χ2v) is 13.0. The number of piperidine rings is 1. The summed E-state index contributed by atoms with van der Waals surface area (Å²) in [6.45, 7) is 7.95. The molecule has 1 N–H and O–H groups in total. The molecule has 3 aliphatic rings. The van der Waals surface area contributed by atoms with Gasteiger partial charge in [0.25, 0.3) is 0 Å². The van der Waals surface area contributed by atoms with Crippen molar-refractivity contribution in [1.29, 1.82) is 0 Å². The van der Waals surface area contributed by atoms with Crippen LogP contribution >= 0.6 is 11.6 Å². The Morgan fingerprint density at radius 2 is 1.68 bits per heavy atom. The van der Waals surface area contributed by atoms with Gasteiger partial charge in [-0.1, -0.05) is 35.9 Å². The number of nitrogens with zero attached hydrogens (tertiary/aromatic N) is 2. The summed E-state index contributed by atoms with van der Waals surface area (Å²) in [5.41, 5.74) is 3.11. The second kappa shape index (κ2) is 12.1. The minimum absolute atomic E-state index is 0.0380. The van der Waals surface area contributed by atoms with Crippen molar-refractivity contribution < 1.29 is 28.9 Å². The summed E-state index contributed by atoms with van der Waals surface area (Å²) in [4.78, 5) is 29.1. The molecule has 8 nitrogen and oxygen atoms in total. The Labute approximate surface area is 263 Å². The van der Waals surface area contributed by atoms with E-state index in [0.717, 1.165) is 34.4 Å². The van der Waals surface area contributed by atoms with Gasteiger partial charge in [-0.15, -0.1) is 0 Å². The summed E-state index contributed by atoms with van der Waals surface area (Å²) in [5.74, 6) is 1.18. The van der Waals surface area contributed by atoms with E-state index in [-0.39, 0.29) is 36.2 Å². The number of hydrogen-bond donors (Lipinski definition) is 1. The van der Waals surface area contributed by atoms with Gasteiger partial charge in [-0.2, -0.15) is 0 Å². The number of fused-ring (bicyclic) bond motifs is 3. The third-order valence-electron chi connectivity index (χ3n) is 9.28. The van der Waals surface area contributed by atoms with Crippen LogP contribution in [-0.2, 0) is 26.3 Å². The van der Waals surface area contributed by atoms with E-state index in [1.807, 2.05) is 86.3 Å². The van der Waals surface area contributed by atoms with Crippen molar-refractivity contribution in [3.05, 3.63) is 87.9 Å². The van der Waals surface area contributed by atoms with E-state index in [9.17, 15) is 14.7 Å². The molecule has 3 aromatic carbocycles. The molecule has 4 atom stereocenters. The summed E-state index contributed by atoms with van der Waals surface area (Å²) in [6, 6.07) is 18.7. The molecule has 2 bridgehead atoms. The Bertz CT molecular complexity index is 1510. The zero-order valence-electron chi connectivity index (χ0n) is 25.5. The number of halogens is 1. The van der Waals surface area contributed by atoms with Crippen molar-refractivity contribution in [2.75, 3.05) is 38.3 Å². The number of likely N-dealkylation sites (tertiary alicyclic amines) is 1. The second-order valence-electron chi connectivity index (χ2n) is 12.6. The lowest BCUT2D eigenvalue weighted by Gasteiger charge is -2.51. The lowest BCUT2D eigenvalue weighted by Crippen LogP contribution is -2.58. The first kappa shape index (κ1) is 30.4. The lowest BCUT2D eigenvalue weighted by atomic mass is 9.66. The fourth-order valence-electron chi connectivity index (χ4n) is 7.46. The molecular formula is C35H39ClN2O6. The Hall–Kier alpha value is -3.59. The van der Waals surface area contributed by atoms with E-state index in [4.69, 9.17) is 25.8 Å². The van der Waals surface area contributed by atoms with E-state index >= 15 is 0 Å². The molecule has 0 spiro atoms. The number of ether oxygens (including phenoxy) is 3. The highest BCUT2D eigenvalue weighted by atomic mass is 35.5. The molecule has 0 aliphatic carbocycles. The molecule has 3 heterocycles. The summed E-state index contributed by atoms with van der Waals surface area (Å²) < 4.78 is 17.6. The monoisotopic (exact) mass is 618 g/mol. The van der Waals surface area contributed by atoms with Crippen LogP contribution in [0.3, 0.4) is 0 Å². The minimum Gasteiger partial charge on any atom is -0.493 e. The zero-order chi connectivity index (χ0) is 31.2. The number of carbonyl (C=O) groups is 2. The van der Waals surface area contributed by atoms with Gasteiger partial charge in [0.1, 0.15) is 0 Å². The van der Waals surface area contributed by atoms with Crippen LogP contribution in [0.2, 0.25) is 5.02 Å². The van der Waals surface area contributed by atoms with Crippen LogP contribution in [0.25, 0.3) is 0 Å². The van der Waals surface area contributed by atoms with E-state index in [0.29, 0.717) is 42.8 Å². The largest absolute Gasteiger partial charge is 0.493 e. The van der Waals surface area contributed by atoms with Gasteiger partial charge >= 0.3 is 0 Å². The summed E-state index contributed by atoms with van der Waals surface area (Å²) in [7, 11) is 1.60. The minimum atomic E-state index is -1.14. The molecule has 3 aliphatic heterocycles. The van der Waals surface area contributed by atoms with Gasteiger partial charge in [0, 0.05) is 41.6 Å². The summed E-state index contributed by atoms with van der Waals surface area (Å²) >= 11 is 6.26. The van der Waals surface area contributed by atoms with Crippen molar-refractivity contribution in [3.63, 3.8) is 0 Å². The molecule has 2 amide bonds. The molecule has 6 rings (SSSR count). The summed E-state index contributed by atoms with van der Waals surface area (Å²) in [5, 5.41) is 12.6. The lowest BCUT2D eigenvalue weighted by molar-refractivity contribution is -0.163. The summed E-state index contributed by atoms with van der Waals surface area (Å²) in [6.07, 6.45) is 1.04. The van der Waals surface area contributed by atoms with Crippen LogP contribution in [0.4, 0.5) is 5.69 Å². The van der Waals surface area contributed by atoms with Gasteiger partial charge in [0.2, 0.25) is 12.3 Å². The average molecular weight is 619 g/mol. The van der Waals surface area contributed by atoms with Crippen molar-refractivity contribution >= 4 is 29.6 Å². The quantitative estimate of drug-likeness (QED) is 0.342. The number of anilines is 1. The van der Waals surface area contributed by atoms with E-state index in [2.05, 4.69) is 0 Å². The predicted molar refractivity (Wildman–Crippen MR) is 168 cm³/mol. The van der Waals surface area contributed by atoms with Crippen LogP contribution in [0.1, 0.15) is 49.1 Å². The molecule has 2 fully saturated rings. The maximum Gasteiger partial charge on any atom is 0.232 e. The normalized spacial score (nSPS) is 24.5. The highest BCUT2D eigenvalue weighted by Crippen LogP contribution is 2.47. The van der Waals surface area contributed by atoms with E-state index in [1.165, 1.54) is 0 Å². The van der Waals surface area contributed by atoms with Gasteiger partial charge in [0.05, 0.1) is 44.5 Å². The molecule has 9 heteroatoms. The molecule has 232 valence electrons. The van der Waals surface area contributed by atoms with Gasteiger partial charge in [0.15, 0.2) is 11.5 Å². The maximum atomic E-state index is 13.9. The van der Waals surface area contributed by atoms with Crippen LogP contribution in [0.5, 0.6) is 11.5 Å². The Balaban J connectivity index is 1.38. The number of rotatable bonds is 8. The topological polar surface area (TPSA) is 88.5 Å². The van der Waals surface area contributed by atoms with Gasteiger partial charge in [-0.3, -0.25) is 9.59 Å². The Morgan fingerprint density at radius 3 is 2.27 bits per heavy atom. The third kappa shape index (κ3) is 5.55. The average Bonchev–Trinajstić information content (AvgIpc) is 3.00. The van der Waals surface area contributed by atoms with Crippen molar-refractivity contribution in [2.24, 2.45) is 17.8 Å². The van der Waals surface area contributed by atoms with E-state index < -0.39 is 11.6 Å². The van der Waals surface area contributed by atoms with Gasteiger partial charge in [-0.05, 0) is 79.4 Å². The molecule has 4 unspecified atom stereocenters. The molecule has 2 saturated heterocycles. The highest BCUT2D eigenvalue weighted by molar-refractivity contribution is 6.30. The first-order valence-electron chi connectivity index (χ1n) is 15.2. The van der Waals surface area contributed by atoms with Gasteiger partial charge < -0.3 is 29.1 Å². The number of methoxy groups -OCH3 is 1. The first-order valence-corrected chi connectivity index (χ1v) is 15.5. The first-order chi connectivity index (χ1) is 21.1. The SMILES string of the molecule is COc1cc2c(cc1OC(C)C)C(c1ccc(Cl)cc1)N(c1ccc(C(C)(O)C3C4COCC3CN(C=O)C4)cc1)C(=O)C2. The highest BCUT2D eigenvalue weighted by Gasteiger charge is 2.49. The molecule has 0 saturated carbocycles. The molecule has 0 radical (unpaired) electrons. The van der Waals surface area contributed by atoms with Crippen molar-refractivity contribution in [3.8, 4) is 11.5 Å². The van der Waals surface area contributed by atoms with Crippen LogP contribution < -0.4 is 14.4 Å².